The molecule has 0 bridgehead atoms. The number of thiophene rings is 1. The van der Waals surface area contributed by atoms with Gasteiger partial charge in [0, 0.05) is 22.4 Å². The summed E-state index contributed by atoms with van der Waals surface area (Å²) in [7, 11) is 0. The fraction of sp³-hybridized carbons (Fsp3) is 0.529. The van der Waals surface area contributed by atoms with E-state index in [0.717, 1.165) is 36.9 Å². The van der Waals surface area contributed by atoms with E-state index in [0.29, 0.717) is 12.5 Å². The summed E-state index contributed by atoms with van der Waals surface area (Å²) < 4.78 is 5.32. The molecular weight excluding hydrogens is 435 g/mol. The van der Waals surface area contributed by atoms with Gasteiger partial charge in [0.05, 0.1) is 12.2 Å². The molecule has 0 aliphatic rings. The van der Waals surface area contributed by atoms with E-state index in [1.807, 2.05) is 17.4 Å². The molecule has 0 amide bonds. The first-order valence-corrected chi connectivity index (χ1v) is 8.99. The fourth-order valence-corrected chi connectivity index (χ4v) is 2.95. The number of hydrogen-bond acceptors (Lipinski definition) is 4. The number of aryl methyl sites for hydroxylation is 1. The van der Waals surface area contributed by atoms with Gasteiger partial charge in [-0.1, -0.05) is 25.9 Å². The molecule has 0 saturated carbocycles. The van der Waals surface area contributed by atoms with Gasteiger partial charge in [0.2, 0.25) is 0 Å². The summed E-state index contributed by atoms with van der Waals surface area (Å²) >= 11 is 1.84. The predicted octanol–water partition coefficient (Wildman–Crippen LogP) is 4.30. The van der Waals surface area contributed by atoms with E-state index in [9.17, 15) is 0 Å². The van der Waals surface area contributed by atoms with E-state index in [1.54, 1.807) is 0 Å². The number of aromatic nitrogens is 1. The third-order valence-corrected chi connectivity index (χ3v) is 4.63. The molecule has 0 atom stereocenters. The first kappa shape index (κ1) is 21.0. The van der Waals surface area contributed by atoms with Crippen molar-refractivity contribution in [2.24, 2.45) is 4.99 Å². The lowest BCUT2D eigenvalue weighted by atomic mass is 10.1. The Morgan fingerprint density at radius 3 is 2.58 bits per heavy atom. The van der Waals surface area contributed by atoms with Gasteiger partial charge in [0.15, 0.2) is 11.7 Å². The molecule has 0 aromatic carbocycles. The maximum Gasteiger partial charge on any atom is 0.191 e. The Morgan fingerprint density at radius 2 is 2.00 bits per heavy atom. The van der Waals surface area contributed by atoms with Gasteiger partial charge in [-0.3, -0.25) is 0 Å². The maximum absolute atomic E-state index is 5.32. The summed E-state index contributed by atoms with van der Waals surface area (Å²) in [6, 6.07) is 6.34. The molecule has 2 N–H and O–H groups in total. The predicted molar refractivity (Wildman–Crippen MR) is 111 cm³/mol. The molecule has 2 aromatic rings. The van der Waals surface area contributed by atoms with Gasteiger partial charge < -0.3 is 15.2 Å². The summed E-state index contributed by atoms with van der Waals surface area (Å²) in [5.41, 5.74) is 0.971. The van der Waals surface area contributed by atoms with Crippen LogP contribution in [0.2, 0.25) is 0 Å². The molecule has 0 aliphatic carbocycles. The number of aliphatic imine (C=N–C) groups is 1. The van der Waals surface area contributed by atoms with Crippen molar-refractivity contribution in [3.63, 3.8) is 0 Å². The Morgan fingerprint density at radius 1 is 1.25 bits per heavy atom. The van der Waals surface area contributed by atoms with E-state index in [1.165, 1.54) is 9.75 Å². The first-order valence-electron chi connectivity index (χ1n) is 8.17. The zero-order chi connectivity index (χ0) is 16.7. The normalized spacial score (nSPS) is 11.5. The molecule has 2 rings (SSSR count). The van der Waals surface area contributed by atoms with Crippen LogP contribution in [0.3, 0.4) is 0 Å². The minimum absolute atomic E-state index is 0. The van der Waals surface area contributed by atoms with Crippen molar-refractivity contribution in [3.05, 3.63) is 39.4 Å². The Hall–Kier alpha value is -1.09. The summed E-state index contributed by atoms with van der Waals surface area (Å²) in [4.78, 5) is 7.29. The number of nitrogens with zero attached hydrogens (tertiary/aromatic N) is 2. The first-order chi connectivity index (χ1) is 11.1. The Kier molecular flexibility index (Phi) is 9.35. The van der Waals surface area contributed by atoms with E-state index in [-0.39, 0.29) is 24.0 Å². The minimum Gasteiger partial charge on any atom is -0.359 e. The van der Waals surface area contributed by atoms with E-state index in [4.69, 9.17) is 4.52 Å². The highest BCUT2D eigenvalue weighted by atomic mass is 127. The van der Waals surface area contributed by atoms with E-state index < -0.39 is 0 Å². The molecule has 7 heteroatoms. The van der Waals surface area contributed by atoms with Crippen molar-refractivity contribution in [1.82, 2.24) is 15.8 Å². The average molecular weight is 462 g/mol. The van der Waals surface area contributed by atoms with Crippen molar-refractivity contribution in [3.8, 4) is 0 Å². The minimum atomic E-state index is 0. The number of guanidine groups is 1. The number of rotatable bonds is 7. The molecule has 0 unspecified atom stereocenters. The van der Waals surface area contributed by atoms with Gasteiger partial charge in [-0.2, -0.15) is 0 Å². The van der Waals surface area contributed by atoms with Crippen molar-refractivity contribution in [2.45, 2.75) is 53.1 Å². The van der Waals surface area contributed by atoms with Crippen molar-refractivity contribution in [1.29, 1.82) is 0 Å². The SMILES string of the molecule is CCNC(=NCc1cc(C(C)C)no1)NCc1ccc(CC)s1.I. The van der Waals surface area contributed by atoms with E-state index >= 15 is 0 Å². The summed E-state index contributed by atoms with van der Waals surface area (Å²) in [6.45, 7) is 10.5. The van der Waals surface area contributed by atoms with Gasteiger partial charge >= 0.3 is 0 Å². The van der Waals surface area contributed by atoms with Crippen LogP contribution in [-0.4, -0.2) is 17.7 Å². The van der Waals surface area contributed by atoms with Crippen LogP contribution in [0.5, 0.6) is 0 Å². The quantitative estimate of drug-likeness (QED) is 0.366. The maximum atomic E-state index is 5.32. The van der Waals surface area contributed by atoms with Gasteiger partial charge in [-0.05, 0) is 31.4 Å². The number of nitrogens with one attached hydrogen (secondary N) is 2. The molecule has 0 saturated heterocycles. The second-order valence-electron chi connectivity index (χ2n) is 5.64. The highest BCUT2D eigenvalue weighted by Crippen LogP contribution is 2.16. The third-order valence-electron chi connectivity index (χ3n) is 3.40. The molecule has 24 heavy (non-hydrogen) atoms. The monoisotopic (exact) mass is 462 g/mol. The highest BCUT2D eigenvalue weighted by Gasteiger charge is 2.07. The molecule has 134 valence electrons. The largest absolute Gasteiger partial charge is 0.359 e. The Balaban J connectivity index is 0.00000288. The lowest BCUT2D eigenvalue weighted by Gasteiger charge is -2.09. The van der Waals surface area contributed by atoms with Gasteiger partial charge in [0.1, 0.15) is 6.54 Å². The molecule has 2 heterocycles. The van der Waals surface area contributed by atoms with Crippen molar-refractivity contribution in [2.75, 3.05) is 6.54 Å². The summed E-state index contributed by atoms with van der Waals surface area (Å²) in [5, 5.41) is 10.7. The van der Waals surface area contributed by atoms with Crippen LogP contribution in [0.4, 0.5) is 0 Å². The van der Waals surface area contributed by atoms with Crippen LogP contribution < -0.4 is 10.6 Å². The second kappa shape index (κ2) is 10.7. The molecule has 0 fully saturated rings. The number of hydrogen-bond donors (Lipinski definition) is 2. The molecule has 0 aliphatic heterocycles. The smallest absolute Gasteiger partial charge is 0.191 e. The van der Waals surface area contributed by atoms with Gasteiger partial charge in [-0.25, -0.2) is 4.99 Å². The molecule has 0 spiro atoms. The topological polar surface area (TPSA) is 62.5 Å². The van der Waals surface area contributed by atoms with Crippen molar-refractivity contribution < 1.29 is 4.52 Å². The second-order valence-corrected chi connectivity index (χ2v) is 6.90. The molecule has 2 aromatic heterocycles. The van der Waals surface area contributed by atoms with Gasteiger partial charge in [-0.15, -0.1) is 35.3 Å². The molecular formula is C17H27IN4OS. The molecule has 5 nitrogen and oxygen atoms in total. The van der Waals surface area contributed by atoms with Gasteiger partial charge in [0.25, 0.3) is 0 Å². The van der Waals surface area contributed by atoms with Crippen LogP contribution in [0, 0.1) is 0 Å². The van der Waals surface area contributed by atoms with Crippen LogP contribution in [-0.2, 0) is 19.5 Å². The Labute approximate surface area is 165 Å². The van der Waals surface area contributed by atoms with Crippen molar-refractivity contribution >= 4 is 41.3 Å². The lowest BCUT2D eigenvalue weighted by Crippen LogP contribution is -2.36. The standard InChI is InChI=1S/C17H26N4OS.HI/c1-5-14-7-8-15(23-14)11-20-17(18-6-2)19-10-13-9-16(12(3)4)21-22-13;/h7-9,12H,5-6,10-11H2,1-4H3,(H2,18,19,20);1H. The van der Waals surface area contributed by atoms with Crippen LogP contribution in [0.1, 0.15) is 54.8 Å². The molecule has 0 radical (unpaired) electrons. The summed E-state index contributed by atoms with van der Waals surface area (Å²) in [6.07, 6.45) is 1.09. The van der Waals surface area contributed by atoms with Crippen LogP contribution >= 0.6 is 35.3 Å². The zero-order valence-corrected chi connectivity index (χ0v) is 17.9. The highest BCUT2D eigenvalue weighted by molar-refractivity contribution is 14.0. The van der Waals surface area contributed by atoms with E-state index in [2.05, 4.69) is 60.6 Å². The fourth-order valence-electron chi connectivity index (χ4n) is 2.05. The lowest BCUT2D eigenvalue weighted by molar-refractivity contribution is 0.376. The summed E-state index contributed by atoms with van der Waals surface area (Å²) in [5.74, 6) is 1.95. The zero-order valence-electron chi connectivity index (χ0n) is 14.8. The third kappa shape index (κ3) is 6.43. The average Bonchev–Trinajstić information content (AvgIpc) is 3.19. The number of halogens is 1. The van der Waals surface area contributed by atoms with Crippen LogP contribution in [0.15, 0.2) is 27.7 Å². The van der Waals surface area contributed by atoms with Crippen LogP contribution in [0.25, 0.3) is 0 Å². The Bertz CT molecular complexity index is 636.